The lowest BCUT2D eigenvalue weighted by Gasteiger charge is -2.21. The molecule has 4 nitrogen and oxygen atoms in total. The monoisotopic (exact) mass is 435 g/mol. The zero-order valence-electron chi connectivity index (χ0n) is 16.5. The van der Waals surface area contributed by atoms with Gasteiger partial charge in [-0.1, -0.05) is 61.7 Å². The lowest BCUT2D eigenvalue weighted by atomic mass is 10.1. The van der Waals surface area contributed by atoms with Crippen molar-refractivity contribution in [3.05, 3.63) is 63.6 Å². The number of imidazole rings is 1. The summed E-state index contributed by atoms with van der Waals surface area (Å²) in [4.78, 5) is 17.7. The molecule has 1 N–H and O–H groups in total. The van der Waals surface area contributed by atoms with Gasteiger partial charge in [-0.25, -0.2) is 9.37 Å². The predicted molar refractivity (Wildman–Crippen MR) is 116 cm³/mol. The van der Waals surface area contributed by atoms with Crippen molar-refractivity contribution >= 4 is 40.1 Å². The minimum atomic E-state index is -0.462. The molecular weight excluding hydrogens is 412 g/mol. The number of fused-ring (bicyclic) bond motifs is 1. The van der Waals surface area contributed by atoms with Gasteiger partial charge >= 0.3 is 0 Å². The second-order valence-electron chi connectivity index (χ2n) is 7.02. The SMILES string of the molecule is CCCNC(=O)[C@H](CCC)n1c(Cc2ccccc2F)nc2cc(Cl)c(Cl)cc21. The van der Waals surface area contributed by atoms with E-state index in [1.165, 1.54) is 6.07 Å². The Morgan fingerprint density at radius 3 is 2.59 bits per heavy atom. The van der Waals surface area contributed by atoms with Crippen molar-refractivity contribution in [1.82, 2.24) is 14.9 Å². The van der Waals surface area contributed by atoms with Crippen molar-refractivity contribution in [1.29, 1.82) is 0 Å². The lowest BCUT2D eigenvalue weighted by Crippen LogP contribution is -2.33. The third-order valence-electron chi connectivity index (χ3n) is 4.84. The summed E-state index contributed by atoms with van der Waals surface area (Å²) in [7, 11) is 0. The number of hydrogen-bond acceptors (Lipinski definition) is 2. The van der Waals surface area contributed by atoms with Crippen LogP contribution in [0.5, 0.6) is 0 Å². The molecule has 154 valence electrons. The maximum absolute atomic E-state index is 14.3. The minimum Gasteiger partial charge on any atom is -0.354 e. The van der Waals surface area contributed by atoms with Crippen LogP contribution in [-0.2, 0) is 11.2 Å². The molecule has 0 spiro atoms. The molecule has 0 saturated heterocycles. The van der Waals surface area contributed by atoms with Crippen LogP contribution in [0.25, 0.3) is 11.0 Å². The van der Waals surface area contributed by atoms with Crippen LogP contribution in [-0.4, -0.2) is 22.0 Å². The number of amides is 1. The van der Waals surface area contributed by atoms with Crippen molar-refractivity contribution in [2.75, 3.05) is 6.54 Å². The van der Waals surface area contributed by atoms with E-state index >= 15 is 0 Å². The van der Waals surface area contributed by atoms with Gasteiger partial charge in [-0.15, -0.1) is 0 Å². The van der Waals surface area contributed by atoms with Gasteiger partial charge in [0, 0.05) is 13.0 Å². The standard InChI is InChI=1S/C22H24Cl2FN3O/c1-3-7-19(22(29)26-10-4-2)28-20-13-16(24)15(23)12-18(20)27-21(28)11-14-8-5-6-9-17(14)25/h5-6,8-9,12-13,19H,3-4,7,10-11H2,1-2H3,(H,26,29)/t19-/m0/s1. The molecule has 0 radical (unpaired) electrons. The highest BCUT2D eigenvalue weighted by Crippen LogP contribution is 2.32. The summed E-state index contributed by atoms with van der Waals surface area (Å²) in [6.45, 7) is 4.63. The van der Waals surface area contributed by atoms with Crippen LogP contribution in [0.3, 0.4) is 0 Å². The Balaban J connectivity index is 2.16. The average molecular weight is 436 g/mol. The number of halogens is 3. The molecule has 0 aliphatic heterocycles. The van der Waals surface area contributed by atoms with E-state index in [0.29, 0.717) is 39.9 Å². The summed E-state index contributed by atoms with van der Waals surface area (Å²) >= 11 is 12.5. The molecular formula is C22H24Cl2FN3O. The molecule has 3 aromatic rings. The van der Waals surface area contributed by atoms with Crippen molar-refractivity contribution in [3.8, 4) is 0 Å². The number of hydrogen-bond donors (Lipinski definition) is 1. The molecule has 29 heavy (non-hydrogen) atoms. The van der Waals surface area contributed by atoms with Crippen LogP contribution in [0.1, 0.15) is 50.5 Å². The van der Waals surface area contributed by atoms with Crippen LogP contribution in [0.15, 0.2) is 36.4 Å². The zero-order valence-corrected chi connectivity index (χ0v) is 18.0. The molecule has 1 amide bonds. The number of aromatic nitrogens is 2. The first-order valence-electron chi connectivity index (χ1n) is 9.83. The minimum absolute atomic E-state index is 0.0751. The van der Waals surface area contributed by atoms with E-state index in [1.807, 2.05) is 18.4 Å². The van der Waals surface area contributed by atoms with E-state index in [-0.39, 0.29) is 18.1 Å². The smallest absolute Gasteiger partial charge is 0.243 e. The Morgan fingerprint density at radius 1 is 1.17 bits per heavy atom. The fourth-order valence-corrected chi connectivity index (χ4v) is 3.76. The number of nitrogens with one attached hydrogen (secondary N) is 1. The highest BCUT2D eigenvalue weighted by Gasteiger charge is 2.26. The maximum atomic E-state index is 14.3. The second-order valence-corrected chi connectivity index (χ2v) is 7.83. The van der Waals surface area contributed by atoms with Gasteiger partial charge in [0.25, 0.3) is 0 Å². The van der Waals surface area contributed by atoms with Crippen molar-refractivity contribution in [2.24, 2.45) is 0 Å². The first kappa shape index (κ1) is 21.6. The predicted octanol–water partition coefficient (Wildman–Crippen LogP) is 5.94. The van der Waals surface area contributed by atoms with Gasteiger partial charge in [-0.3, -0.25) is 4.79 Å². The molecule has 1 aromatic heterocycles. The molecule has 1 atom stereocenters. The quantitative estimate of drug-likeness (QED) is 0.475. The van der Waals surface area contributed by atoms with Crippen molar-refractivity contribution in [2.45, 2.75) is 45.6 Å². The summed E-state index contributed by atoms with van der Waals surface area (Å²) in [6, 6.07) is 9.55. The highest BCUT2D eigenvalue weighted by atomic mass is 35.5. The third kappa shape index (κ3) is 4.73. The largest absolute Gasteiger partial charge is 0.354 e. The van der Waals surface area contributed by atoms with Crippen LogP contribution in [0.4, 0.5) is 4.39 Å². The normalized spacial score (nSPS) is 12.3. The van der Waals surface area contributed by atoms with E-state index in [0.717, 1.165) is 18.4 Å². The van der Waals surface area contributed by atoms with E-state index in [1.54, 1.807) is 30.3 Å². The number of carbonyl (C=O) groups excluding carboxylic acids is 1. The van der Waals surface area contributed by atoms with Gasteiger partial charge < -0.3 is 9.88 Å². The van der Waals surface area contributed by atoms with E-state index in [2.05, 4.69) is 5.32 Å². The molecule has 0 unspecified atom stereocenters. The van der Waals surface area contributed by atoms with Gasteiger partial charge in [-0.05, 0) is 36.6 Å². The van der Waals surface area contributed by atoms with Crippen molar-refractivity contribution in [3.63, 3.8) is 0 Å². The van der Waals surface area contributed by atoms with Gasteiger partial charge in [0.1, 0.15) is 17.7 Å². The van der Waals surface area contributed by atoms with Crippen molar-refractivity contribution < 1.29 is 9.18 Å². The van der Waals surface area contributed by atoms with E-state index in [9.17, 15) is 9.18 Å². The first-order chi connectivity index (χ1) is 14.0. The topological polar surface area (TPSA) is 46.9 Å². The molecule has 7 heteroatoms. The maximum Gasteiger partial charge on any atom is 0.243 e. The Kier molecular flexibility index (Phi) is 7.14. The van der Waals surface area contributed by atoms with E-state index < -0.39 is 6.04 Å². The summed E-state index contributed by atoms with van der Waals surface area (Å²) in [5.74, 6) is 0.229. The van der Waals surface area contributed by atoms with Crippen LogP contribution >= 0.6 is 23.2 Å². The summed E-state index contributed by atoms with van der Waals surface area (Å²) < 4.78 is 16.2. The molecule has 0 aliphatic carbocycles. The molecule has 2 aromatic carbocycles. The molecule has 3 rings (SSSR count). The number of benzene rings is 2. The number of rotatable bonds is 8. The molecule has 0 aliphatic rings. The fraction of sp³-hybridized carbons (Fsp3) is 0.364. The van der Waals surface area contributed by atoms with Gasteiger partial charge in [0.2, 0.25) is 5.91 Å². The Morgan fingerprint density at radius 2 is 1.90 bits per heavy atom. The first-order valence-corrected chi connectivity index (χ1v) is 10.6. The Hall–Kier alpha value is -2.11. The second kappa shape index (κ2) is 9.59. The molecule has 0 fully saturated rings. The van der Waals surface area contributed by atoms with Gasteiger partial charge in [0.15, 0.2) is 0 Å². The summed E-state index contributed by atoms with van der Waals surface area (Å²) in [6.07, 6.45) is 2.55. The van der Waals surface area contributed by atoms with E-state index in [4.69, 9.17) is 28.2 Å². The Bertz CT molecular complexity index is 1020. The van der Waals surface area contributed by atoms with Gasteiger partial charge in [-0.2, -0.15) is 0 Å². The van der Waals surface area contributed by atoms with Gasteiger partial charge in [0.05, 0.1) is 21.1 Å². The zero-order chi connectivity index (χ0) is 21.0. The highest BCUT2D eigenvalue weighted by molar-refractivity contribution is 6.42. The molecule has 0 bridgehead atoms. The summed E-state index contributed by atoms with van der Waals surface area (Å²) in [5, 5.41) is 3.76. The van der Waals surface area contributed by atoms with Crippen LogP contribution in [0, 0.1) is 5.82 Å². The Labute approximate surface area is 180 Å². The fourth-order valence-electron chi connectivity index (χ4n) is 3.44. The summed E-state index contributed by atoms with van der Waals surface area (Å²) in [5.41, 5.74) is 1.87. The third-order valence-corrected chi connectivity index (χ3v) is 5.56. The average Bonchev–Trinajstić information content (AvgIpc) is 3.02. The molecule has 1 heterocycles. The molecule has 0 saturated carbocycles. The number of carbonyl (C=O) groups is 1. The van der Waals surface area contributed by atoms with Crippen LogP contribution in [0.2, 0.25) is 10.0 Å². The lowest BCUT2D eigenvalue weighted by molar-refractivity contribution is -0.124. The van der Waals surface area contributed by atoms with Crippen LogP contribution < -0.4 is 5.32 Å². The number of nitrogens with zero attached hydrogens (tertiary/aromatic N) is 2.